The fourth-order valence-corrected chi connectivity index (χ4v) is 2.03. The van der Waals surface area contributed by atoms with Crippen LogP contribution in [0, 0.1) is 6.92 Å². The van der Waals surface area contributed by atoms with Gasteiger partial charge in [-0.3, -0.25) is 0 Å². The second-order valence-electron chi connectivity index (χ2n) is 3.98. The number of hydrogen-bond donors (Lipinski definition) is 0. The summed E-state index contributed by atoms with van der Waals surface area (Å²) in [6.07, 6.45) is 0. The van der Waals surface area contributed by atoms with Crippen molar-refractivity contribution in [2.24, 2.45) is 0 Å². The molecule has 0 aliphatic rings. The van der Waals surface area contributed by atoms with Crippen LogP contribution in [0.5, 0.6) is 0 Å². The van der Waals surface area contributed by atoms with Crippen LogP contribution in [0.2, 0.25) is 5.02 Å². The topological polar surface area (TPSA) is 26.0 Å². The lowest BCUT2D eigenvalue weighted by molar-refractivity contribution is 0.620. The summed E-state index contributed by atoms with van der Waals surface area (Å²) in [6, 6.07) is 13.6. The van der Waals surface area contributed by atoms with Crippen molar-refractivity contribution in [3.8, 4) is 11.5 Å². The quantitative estimate of drug-likeness (QED) is 0.631. The van der Waals surface area contributed by atoms with Gasteiger partial charge in [-0.1, -0.05) is 35.4 Å². The number of aryl methyl sites for hydroxylation is 1. The Bertz CT molecular complexity index is 688. The van der Waals surface area contributed by atoms with E-state index in [4.69, 9.17) is 16.0 Å². The molecule has 0 atom stereocenters. The van der Waals surface area contributed by atoms with Gasteiger partial charge in [0.1, 0.15) is 5.52 Å². The van der Waals surface area contributed by atoms with Gasteiger partial charge in [0.05, 0.1) is 5.02 Å². The SMILES string of the molecule is Cc1cccc(-c2nc3cccc(Cl)c3o2)c1. The molecule has 3 aromatic rings. The lowest BCUT2D eigenvalue weighted by atomic mass is 10.1. The zero-order valence-corrected chi connectivity index (χ0v) is 10.0. The van der Waals surface area contributed by atoms with Crippen LogP contribution in [0.3, 0.4) is 0 Å². The first-order valence-corrected chi connectivity index (χ1v) is 5.74. The van der Waals surface area contributed by atoms with Crippen molar-refractivity contribution in [2.45, 2.75) is 6.92 Å². The maximum atomic E-state index is 6.06. The van der Waals surface area contributed by atoms with E-state index in [0.29, 0.717) is 16.5 Å². The predicted molar refractivity (Wildman–Crippen MR) is 69.2 cm³/mol. The Hall–Kier alpha value is -1.80. The largest absolute Gasteiger partial charge is 0.435 e. The van der Waals surface area contributed by atoms with E-state index in [1.165, 1.54) is 5.56 Å². The summed E-state index contributed by atoms with van der Waals surface area (Å²) < 4.78 is 5.70. The summed E-state index contributed by atoms with van der Waals surface area (Å²) in [5.74, 6) is 0.608. The minimum atomic E-state index is 0.592. The standard InChI is InChI=1S/C14H10ClNO/c1-9-4-2-5-10(8-9)14-16-12-7-3-6-11(15)13(12)17-14/h2-8H,1H3. The maximum absolute atomic E-state index is 6.06. The molecule has 3 heteroatoms. The van der Waals surface area contributed by atoms with Crippen molar-refractivity contribution in [3.05, 3.63) is 53.1 Å². The number of fused-ring (bicyclic) bond motifs is 1. The maximum Gasteiger partial charge on any atom is 0.227 e. The third-order valence-electron chi connectivity index (χ3n) is 2.63. The van der Waals surface area contributed by atoms with E-state index in [2.05, 4.69) is 4.98 Å². The normalized spacial score (nSPS) is 10.9. The molecular weight excluding hydrogens is 234 g/mol. The molecule has 1 heterocycles. The van der Waals surface area contributed by atoms with E-state index in [1.54, 1.807) is 6.07 Å². The van der Waals surface area contributed by atoms with Crippen LogP contribution >= 0.6 is 11.6 Å². The average Bonchev–Trinajstić information content (AvgIpc) is 2.74. The van der Waals surface area contributed by atoms with Crippen LogP contribution in [0.1, 0.15) is 5.56 Å². The highest BCUT2D eigenvalue weighted by Crippen LogP contribution is 2.29. The highest BCUT2D eigenvalue weighted by Gasteiger charge is 2.10. The fraction of sp³-hybridized carbons (Fsp3) is 0.0714. The Morgan fingerprint density at radius 2 is 1.94 bits per heavy atom. The monoisotopic (exact) mass is 243 g/mol. The third-order valence-corrected chi connectivity index (χ3v) is 2.93. The van der Waals surface area contributed by atoms with E-state index < -0.39 is 0 Å². The second-order valence-corrected chi connectivity index (χ2v) is 4.38. The van der Waals surface area contributed by atoms with Gasteiger partial charge in [-0.25, -0.2) is 4.98 Å². The minimum absolute atomic E-state index is 0.592. The summed E-state index contributed by atoms with van der Waals surface area (Å²) in [7, 11) is 0. The Morgan fingerprint density at radius 3 is 2.71 bits per heavy atom. The first-order chi connectivity index (χ1) is 8.24. The second kappa shape index (κ2) is 3.90. The Morgan fingerprint density at radius 1 is 1.12 bits per heavy atom. The number of oxazole rings is 1. The van der Waals surface area contributed by atoms with Crippen LogP contribution in [-0.4, -0.2) is 4.98 Å². The summed E-state index contributed by atoms with van der Waals surface area (Å²) in [4.78, 5) is 4.43. The fourth-order valence-electron chi connectivity index (χ4n) is 1.82. The van der Waals surface area contributed by atoms with Gasteiger partial charge in [-0.05, 0) is 31.2 Å². The summed E-state index contributed by atoms with van der Waals surface area (Å²) in [6.45, 7) is 2.04. The van der Waals surface area contributed by atoms with Crippen molar-refractivity contribution in [2.75, 3.05) is 0 Å². The molecule has 1 aromatic heterocycles. The summed E-state index contributed by atoms with van der Waals surface area (Å²) in [5.41, 5.74) is 3.58. The van der Waals surface area contributed by atoms with E-state index in [0.717, 1.165) is 11.1 Å². The van der Waals surface area contributed by atoms with Gasteiger partial charge in [-0.15, -0.1) is 0 Å². The van der Waals surface area contributed by atoms with Gasteiger partial charge in [0, 0.05) is 5.56 Å². The van der Waals surface area contributed by atoms with Crippen LogP contribution < -0.4 is 0 Å². The number of aromatic nitrogens is 1. The highest BCUT2D eigenvalue weighted by molar-refractivity contribution is 6.34. The number of halogens is 1. The smallest absolute Gasteiger partial charge is 0.227 e. The van der Waals surface area contributed by atoms with Crippen molar-refractivity contribution < 1.29 is 4.42 Å². The molecule has 0 bridgehead atoms. The number of para-hydroxylation sites is 1. The molecule has 2 aromatic carbocycles. The Labute approximate surface area is 104 Å². The van der Waals surface area contributed by atoms with Crippen molar-refractivity contribution >= 4 is 22.7 Å². The first-order valence-electron chi connectivity index (χ1n) is 5.36. The lowest BCUT2D eigenvalue weighted by Gasteiger charge is -1.96. The molecule has 0 radical (unpaired) electrons. The molecule has 0 spiro atoms. The molecule has 0 N–H and O–H groups in total. The molecule has 0 saturated carbocycles. The molecular formula is C14H10ClNO. The summed E-state index contributed by atoms with van der Waals surface area (Å²) >= 11 is 6.06. The van der Waals surface area contributed by atoms with E-state index >= 15 is 0 Å². The molecule has 0 aliphatic carbocycles. The van der Waals surface area contributed by atoms with Crippen molar-refractivity contribution in [3.63, 3.8) is 0 Å². The van der Waals surface area contributed by atoms with Crippen molar-refractivity contribution in [1.82, 2.24) is 4.98 Å². The van der Waals surface area contributed by atoms with Gasteiger partial charge < -0.3 is 4.42 Å². The molecule has 17 heavy (non-hydrogen) atoms. The highest BCUT2D eigenvalue weighted by atomic mass is 35.5. The summed E-state index contributed by atoms with van der Waals surface area (Å²) in [5, 5.41) is 0.592. The lowest BCUT2D eigenvalue weighted by Crippen LogP contribution is -1.78. The molecule has 3 rings (SSSR count). The van der Waals surface area contributed by atoms with Crippen LogP contribution in [-0.2, 0) is 0 Å². The third kappa shape index (κ3) is 1.81. The first kappa shape index (κ1) is 10.4. The van der Waals surface area contributed by atoms with E-state index in [1.807, 2.05) is 43.3 Å². The van der Waals surface area contributed by atoms with Gasteiger partial charge in [0.15, 0.2) is 5.58 Å². The van der Waals surface area contributed by atoms with Crippen molar-refractivity contribution in [1.29, 1.82) is 0 Å². The van der Waals surface area contributed by atoms with Gasteiger partial charge in [0.2, 0.25) is 5.89 Å². The molecule has 0 aliphatic heterocycles. The van der Waals surface area contributed by atoms with Gasteiger partial charge >= 0.3 is 0 Å². The molecule has 84 valence electrons. The molecule has 2 nitrogen and oxygen atoms in total. The van der Waals surface area contributed by atoms with Gasteiger partial charge in [0.25, 0.3) is 0 Å². The number of hydrogen-bond acceptors (Lipinski definition) is 2. The zero-order valence-electron chi connectivity index (χ0n) is 9.27. The number of benzene rings is 2. The molecule has 0 amide bonds. The van der Waals surface area contributed by atoms with Gasteiger partial charge in [-0.2, -0.15) is 0 Å². The average molecular weight is 244 g/mol. The zero-order chi connectivity index (χ0) is 11.8. The van der Waals surface area contributed by atoms with Crippen LogP contribution in [0.25, 0.3) is 22.6 Å². The number of rotatable bonds is 1. The van der Waals surface area contributed by atoms with Crippen LogP contribution in [0.15, 0.2) is 46.9 Å². The predicted octanol–water partition coefficient (Wildman–Crippen LogP) is 4.46. The Kier molecular flexibility index (Phi) is 2.37. The van der Waals surface area contributed by atoms with Crippen LogP contribution in [0.4, 0.5) is 0 Å². The molecule has 0 saturated heterocycles. The minimum Gasteiger partial charge on any atom is -0.435 e. The molecule has 0 unspecified atom stereocenters. The Balaban J connectivity index is 2.22. The molecule has 0 fully saturated rings. The number of nitrogens with zero attached hydrogens (tertiary/aromatic N) is 1. The van der Waals surface area contributed by atoms with E-state index in [-0.39, 0.29) is 0 Å². The van der Waals surface area contributed by atoms with E-state index in [9.17, 15) is 0 Å².